The number of aromatic nitrogens is 2. The molecular weight excluding hydrogens is 448 g/mol. The van der Waals surface area contributed by atoms with Gasteiger partial charge in [0.05, 0.1) is 27.7 Å². The number of imidazole rings is 1. The Morgan fingerprint density at radius 3 is 2.32 bits per heavy atom. The zero-order chi connectivity index (χ0) is 24.5. The Hall–Kier alpha value is -3.65. The van der Waals surface area contributed by atoms with Gasteiger partial charge >= 0.3 is 0 Å². The number of sulfonamides is 1. The van der Waals surface area contributed by atoms with Crippen molar-refractivity contribution in [2.24, 2.45) is 0 Å². The molecule has 4 rings (SSSR count). The fourth-order valence-electron chi connectivity index (χ4n) is 3.93. The van der Waals surface area contributed by atoms with Crippen LogP contribution in [-0.4, -0.2) is 30.9 Å². The van der Waals surface area contributed by atoms with E-state index in [1.807, 2.05) is 45.0 Å². The molecule has 1 heterocycles. The van der Waals surface area contributed by atoms with E-state index in [-0.39, 0.29) is 16.8 Å². The second-order valence-electron chi connectivity index (χ2n) is 8.23. The average Bonchev–Trinajstić information content (AvgIpc) is 3.23. The van der Waals surface area contributed by atoms with Crippen molar-refractivity contribution in [3.05, 3.63) is 89.7 Å². The summed E-state index contributed by atoms with van der Waals surface area (Å²) in [5, 5.41) is 3.00. The number of carbonyl (C=O) groups is 1. The van der Waals surface area contributed by atoms with Crippen molar-refractivity contribution in [1.29, 1.82) is 0 Å². The number of rotatable bonds is 7. The summed E-state index contributed by atoms with van der Waals surface area (Å²) in [6.07, 6.45) is 0. The van der Waals surface area contributed by atoms with Gasteiger partial charge in [-0.25, -0.2) is 13.4 Å². The van der Waals surface area contributed by atoms with E-state index in [1.54, 1.807) is 48.5 Å². The van der Waals surface area contributed by atoms with Crippen LogP contribution < -0.4 is 9.62 Å². The topological polar surface area (TPSA) is 84.3 Å². The average molecular weight is 477 g/mol. The number of anilines is 1. The normalized spacial score (nSPS) is 12.5. The highest BCUT2D eigenvalue weighted by Crippen LogP contribution is 2.24. The third-order valence-corrected chi connectivity index (χ3v) is 7.71. The maximum Gasteiger partial charge on any atom is 0.264 e. The summed E-state index contributed by atoms with van der Waals surface area (Å²) >= 11 is 0. The molecule has 1 amide bonds. The van der Waals surface area contributed by atoms with Crippen LogP contribution in [0.2, 0.25) is 0 Å². The molecule has 8 heteroatoms. The van der Waals surface area contributed by atoms with Gasteiger partial charge in [-0.1, -0.05) is 29.8 Å². The van der Waals surface area contributed by atoms with Crippen molar-refractivity contribution in [2.45, 2.75) is 38.3 Å². The van der Waals surface area contributed by atoms with Crippen LogP contribution in [0.4, 0.5) is 5.69 Å². The van der Waals surface area contributed by atoms with Gasteiger partial charge in [-0.3, -0.25) is 9.10 Å². The highest BCUT2D eigenvalue weighted by molar-refractivity contribution is 7.92. The van der Waals surface area contributed by atoms with Gasteiger partial charge in [0.15, 0.2) is 0 Å². The van der Waals surface area contributed by atoms with Gasteiger partial charge in [-0.05, 0) is 69.3 Å². The lowest BCUT2D eigenvalue weighted by molar-refractivity contribution is 0.0937. The molecule has 1 N–H and O–H groups in total. The minimum absolute atomic E-state index is 0.218. The van der Waals surface area contributed by atoms with Gasteiger partial charge in [-0.15, -0.1) is 0 Å². The van der Waals surface area contributed by atoms with Gasteiger partial charge in [-0.2, -0.15) is 0 Å². The smallest absolute Gasteiger partial charge is 0.264 e. The van der Waals surface area contributed by atoms with Crippen molar-refractivity contribution in [2.75, 3.05) is 11.4 Å². The number of benzene rings is 3. The number of hydrogen-bond donors (Lipinski definition) is 1. The van der Waals surface area contributed by atoms with Crippen LogP contribution in [0.3, 0.4) is 0 Å². The molecule has 0 bridgehead atoms. The Morgan fingerprint density at radius 2 is 1.68 bits per heavy atom. The third-order valence-electron chi connectivity index (χ3n) is 5.91. The highest BCUT2D eigenvalue weighted by atomic mass is 32.2. The zero-order valence-electron chi connectivity index (χ0n) is 19.7. The lowest BCUT2D eigenvalue weighted by Gasteiger charge is -2.20. The molecule has 1 atom stereocenters. The second kappa shape index (κ2) is 9.30. The third kappa shape index (κ3) is 4.41. The summed E-state index contributed by atoms with van der Waals surface area (Å²) in [7, 11) is -2.19. The molecule has 1 aromatic heterocycles. The first-order chi connectivity index (χ1) is 16.2. The molecular formula is C26H28N4O3S. The Labute approximate surface area is 200 Å². The molecule has 0 aliphatic carbocycles. The highest BCUT2D eigenvalue weighted by Gasteiger charge is 2.22. The standard InChI is InChI=1S/C26H28N4O3S/c1-5-30-24-9-7-6-8-23(24)28-25(30)19(3)27-26(31)20-12-14-21(15-13-20)29(4)34(32,33)22-16-10-18(2)11-17-22/h6-17,19H,5H2,1-4H3,(H,27,31). The molecule has 0 spiro atoms. The van der Waals surface area contributed by atoms with Crippen LogP contribution in [0, 0.1) is 6.92 Å². The Kier molecular flexibility index (Phi) is 6.43. The number of aryl methyl sites for hydroxylation is 2. The molecule has 176 valence electrons. The summed E-state index contributed by atoms with van der Waals surface area (Å²) in [5.41, 5.74) is 3.82. The predicted molar refractivity (Wildman–Crippen MR) is 134 cm³/mol. The molecule has 0 fully saturated rings. The number of nitrogens with one attached hydrogen (secondary N) is 1. The molecule has 0 saturated carbocycles. The molecule has 7 nitrogen and oxygen atoms in total. The summed E-state index contributed by atoms with van der Waals surface area (Å²) in [6, 6.07) is 20.8. The van der Waals surface area contributed by atoms with Gasteiger partial charge in [0.1, 0.15) is 5.82 Å². The second-order valence-corrected chi connectivity index (χ2v) is 10.2. The number of fused-ring (bicyclic) bond motifs is 1. The van der Waals surface area contributed by atoms with Crippen molar-refractivity contribution in [3.8, 4) is 0 Å². The van der Waals surface area contributed by atoms with Crippen LogP contribution in [0.1, 0.15) is 41.6 Å². The number of carbonyl (C=O) groups excluding carboxylic acids is 1. The fourth-order valence-corrected chi connectivity index (χ4v) is 5.13. The van der Waals surface area contributed by atoms with Crippen LogP contribution in [0.15, 0.2) is 77.7 Å². The van der Waals surface area contributed by atoms with Gasteiger partial charge < -0.3 is 9.88 Å². The van der Waals surface area contributed by atoms with E-state index in [9.17, 15) is 13.2 Å². The molecule has 0 aliphatic heterocycles. The van der Waals surface area contributed by atoms with E-state index in [1.165, 1.54) is 11.4 Å². The first-order valence-electron chi connectivity index (χ1n) is 11.1. The minimum atomic E-state index is -3.70. The van der Waals surface area contributed by atoms with Crippen LogP contribution in [0.25, 0.3) is 11.0 Å². The van der Waals surface area contributed by atoms with Crippen molar-refractivity contribution in [3.63, 3.8) is 0 Å². The predicted octanol–water partition coefficient (Wildman–Crippen LogP) is 4.68. The van der Waals surface area contributed by atoms with E-state index in [4.69, 9.17) is 4.98 Å². The maximum atomic E-state index is 12.9. The molecule has 4 aromatic rings. The summed E-state index contributed by atoms with van der Waals surface area (Å²) in [5.74, 6) is 0.537. The number of amides is 1. The van der Waals surface area contributed by atoms with Crippen molar-refractivity contribution < 1.29 is 13.2 Å². The van der Waals surface area contributed by atoms with E-state index < -0.39 is 10.0 Å². The Bertz CT molecular complexity index is 1430. The number of nitrogens with zero attached hydrogens (tertiary/aromatic N) is 3. The number of para-hydroxylation sites is 2. The largest absolute Gasteiger partial charge is 0.342 e. The van der Waals surface area contributed by atoms with Crippen molar-refractivity contribution in [1.82, 2.24) is 14.9 Å². The molecule has 34 heavy (non-hydrogen) atoms. The molecule has 3 aromatic carbocycles. The summed E-state index contributed by atoms with van der Waals surface area (Å²) < 4.78 is 29.2. The maximum absolute atomic E-state index is 12.9. The number of hydrogen-bond acceptors (Lipinski definition) is 4. The van der Waals surface area contributed by atoms with E-state index in [0.29, 0.717) is 11.3 Å². The summed E-state index contributed by atoms with van der Waals surface area (Å²) in [4.78, 5) is 17.8. The van der Waals surface area contributed by atoms with E-state index in [2.05, 4.69) is 9.88 Å². The molecule has 0 saturated heterocycles. The van der Waals surface area contributed by atoms with E-state index in [0.717, 1.165) is 29.0 Å². The Balaban J connectivity index is 1.51. The van der Waals surface area contributed by atoms with Crippen LogP contribution in [-0.2, 0) is 16.6 Å². The zero-order valence-corrected chi connectivity index (χ0v) is 20.5. The monoisotopic (exact) mass is 476 g/mol. The first-order valence-corrected chi connectivity index (χ1v) is 12.6. The van der Waals surface area contributed by atoms with Gasteiger partial charge in [0.25, 0.3) is 15.9 Å². The van der Waals surface area contributed by atoms with Crippen LogP contribution in [0.5, 0.6) is 0 Å². The van der Waals surface area contributed by atoms with Gasteiger partial charge in [0.2, 0.25) is 0 Å². The lowest BCUT2D eigenvalue weighted by atomic mass is 10.2. The molecule has 1 unspecified atom stereocenters. The summed E-state index contributed by atoms with van der Waals surface area (Å²) in [6.45, 7) is 6.60. The molecule has 0 aliphatic rings. The van der Waals surface area contributed by atoms with E-state index >= 15 is 0 Å². The Morgan fingerprint density at radius 1 is 1.03 bits per heavy atom. The SMILES string of the molecule is CCn1c(C(C)NC(=O)c2ccc(N(C)S(=O)(=O)c3ccc(C)cc3)cc2)nc2ccccc21. The van der Waals surface area contributed by atoms with Crippen molar-refractivity contribution >= 4 is 32.7 Å². The fraction of sp³-hybridized carbons (Fsp3) is 0.231. The first kappa shape index (κ1) is 23.5. The molecule has 0 radical (unpaired) electrons. The lowest BCUT2D eigenvalue weighted by Crippen LogP contribution is -2.29. The van der Waals surface area contributed by atoms with Crippen LogP contribution >= 0.6 is 0 Å². The minimum Gasteiger partial charge on any atom is -0.342 e. The quantitative estimate of drug-likeness (QED) is 0.420. The van der Waals surface area contributed by atoms with Gasteiger partial charge in [0, 0.05) is 19.2 Å².